The molecule has 3 N–H and O–H groups in total. The first-order valence-corrected chi connectivity index (χ1v) is 11.2. The summed E-state index contributed by atoms with van der Waals surface area (Å²) >= 11 is 5.94. The van der Waals surface area contributed by atoms with Gasteiger partial charge >= 0.3 is 10.3 Å². The third kappa shape index (κ3) is 4.87. The van der Waals surface area contributed by atoms with E-state index in [1.807, 2.05) is 36.5 Å². The molecule has 1 fully saturated rings. The molecule has 0 radical (unpaired) electrons. The fourth-order valence-electron chi connectivity index (χ4n) is 3.84. The molecule has 2 atom stereocenters. The fourth-order valence-corrected chi connectivity index (χ4v) is 4.35. The van der Waals surface area contributed by atoms with Crippen LogP contribution in [0.15, 0.2) is 42.9 Å². The second-order valence-electron chi connectivity index (χ2n) is 7.27. The molecule has 0 saturated heterocycles. The predicted octanol–water partition coefficient (Wildman–Crippen LogP) is 3.26. The molecule has 2 heterocycles. The monoisotopic (exact) mass is 435 g/mol. The lowest BCUT2D eigenvalue weighted by atomic mass is 10.1. The zero-order valence-electron chi connectivity index (χ0n) is 15.7. The number of fused-ring (bicyclic) bond motifs is 1. The molecule has 0 amide bonds. The Labute approximate surface area is 174 Å². The number of rotatable bonds is 7. The van der Waals surface area contributed by atoms with Crippen LogP contribution in [0.5, 0.6) is 0 Å². The van der Waals surface area contributed by atoms with Crippen LogP contribution in [-0.4, -0.2) is 29.6 Å². The van der Waals surface area contributed by atoms with Crippen LogP contribution in [0.1, 0.15) is 30.9 Å². The van der Waals surface area contributed by atoms with E-state index in [0.29, 0.717) is 11.6 Å². The van der Waals surface area contributed by atoms with Gasteiger partial charge in [0.15, 0.2) is 0 Å². The third-order valence-corrected chi connectivity index (χ3v) is 5.97. The SMILES string of the molecule is NS(=O)(=O)OC[C@H]1CC[C@H](n2ccc3c(NCc4ccc(Cl)cc4)ncnc32)C1. The van der Waals surface area contributed by atoms with Crippen LogP contribution in [0.2, 0.25) is 5.02 Å². The normalized spacial score (nSPS) is 19.7. The highest BCUT2D eigenvalue weighted by Crippen LogP contribution is 2.37. The minimum absolute atomic E-state index is 0.122. The number of anilines is 1. The molecule has 10 heteroatoms. The van der Waals surface area contributed by atoms with Crippen LogP contribution in [0.3, 0.4) is 0 Å². The maximum absolute atomic E-state index is 11.0. The Kier molecular flexibility index (Phi) is 5.73. The number of nitrogens with one attached hydrogen (secondary N) is 1. The average Bonchev–Trinajstić information content (AvgIpc) is 3.32. The smallest absolute Gasteiger partial charge is 0.333 e. The van der Waals surface area contributed by atoms with Gasteiger partial charge < -0.3 is 9.88 Å². The summed E-state index contributed by atoms with van der Waals surface area (Å²) in [6, 6.07) is 9.91. The summed E-state index contributed by atoms with van der Waals surface area (Å²) in [5.74, 6) is 0.927. The van der Waals surface area contributed by atoms with Gasteiger partial charge in [-0.15, -0.1) is 0 Å². The number of halogens is 1. The lowest BCUT2D eigenvalue weighted by molar-refractivity contribution is 0.253. The summed E-state index contributed by atoms with van der Waals surface area (Å²) in [4.78, 5) is 8.86. The first-order valence-electron chi connectivity index (χ1n) is 9.36. The van der Waals surface area contributed by atoms with E-state index in [4.69, 9.17) is 20.9 Å². The summed E-state index contributed by atoms with van der Waals surface area (Å²) in [5, 5.41) is 9.95. The molecule has 4 rings (SSSR count). The van der Waals surface area contributed by atoms with Gasteiger partial charge in [0.2, 0.25) is 0 Å². The molecule has 0 bridgehead atoms. The topological polar surface area (TPSA) is 112 Å². The molecule has 29 heavy (non-hydrogen) atoms. The van der Waals surface area contributed by atoms with E-state index >= 15 is 0 Å². The maximum Gasteiger partial charge on any atom is 0.333 e. The van der Waals surface area contributed by atoms with Gasteiger partial charge in [-0.3, -0.25) is 4.18 Å². The lowest BCUT2D eigenvalue weighted by Gasteiger charge is -2.14. The second kappa shape index (κ2) is 8.27. The quantitative estimate of drug-likeness (QED) is 0.589. The largest absolute Gasteiger partial charge is 0.365 e. The van der Waals surface area contributed by atoms with Crippen molar-refractivity contribution in [3.8, 4) is 0 Å². The molecule has 8 nitrogen and oxygen atoms in total. The highest BCUT2D eigenvalue weighted by molar-refractivity contribution is 7.84. The third-order valence-electron chi connectivity index (χ3n) is 5.26. The molecule has 1 aliphatic carbocycles. The van der Waals surface area contributed by atoms with Gasteiger partial charge in [0, 0.05) is 23.8 Å². The predicted molar refractivity (Wildman–Crippen MR) is 112 cm³/mol. The van der Waals surface area contributed by atoms with Crippen LogP contribution in [0.4, 0.5) is 5.82 Å². The Bertz CT molecular complexity index is 1100. The number of aromatic nitrogens is 3. The highest BCUT2D eigenvalue weighted by Gasteiger charge is 2.28. The molecular formula is C19H22ClN5O3S. The van der Waals surface area contributed by atoms with Crippen molar-refractivity contribution in [3.63, 3.8) is 0 Å². The number of benzene rings is 1. The Morgan fingerprint density at radius 3 is 2.76 bits per heavy atom. The molecular weight excluding hydrogens is 414 g/mol. The minimum atomic E-state index is -3.90. The Morgan fingerprint density at radius 2 is 2.00 bits per heavy atom. The van der Waals surface area contributed by atoms with E-state index in [2.05, 4.69) is 19.9 Å². The highest BCUT2D eigenvalue weighted by atomic mass is 35.5. The first-order chi connectivity index (χ1) is 13.9. The average molecular weight is 436 g/mol. The van der Waals surface area contributed by atoms with E-state index < -0.39 is 10.3 Å². The second-order valence-corrected chi connectivity index (χ2v) is 8.93. The van der Waals surface area contributed by atoms with Crippen molar-refractivity contribution in [2.45, 2.75) is 31.8 Å². The number of hydrogen-bond acceptors (Lipinski definition) is 6. The molecule has 1 aromatic carbocycles. The summed E-state index contributed by atoms with van der Waals surface area (Å²) in [6.07, 6.45) is 6.20. The van der Waals surface area contributed by atoms with Gasteiger partial charge in [0.25, 0.3) is 0 Å². The lowest BCUT2D eigenvalue weighted by Crippen LogP contribution is -2.19. The van der Waals surface area contributed by atoms with Crippen molar-refractivity contribution in [1.29, 1.82) is 0 Å². The zero-order chi connectivity index (χ0) is 20.4. The standard InChI is InChI=1S/C19H22ClN5O3S/c20-15-4-1-13(2-5-15)10-22-18-17-7-8-25(19(17)24-12-23-18)16-6-3-14(9-16)11-28-29(21,26)27/h1-2,4-5,7-8,12,14,16H,3,6,9-11H2,(H2,21,26,27)(H,22,23,24)/t14-,16-/m0/s1. The van der Waals surface area contributed by atoms with Gasteiger partial charge in [-0.05, 0) is 48.9 Å². The fraction of sp³-hybridized carbons (Fsp3) is 0.368. The number of nitrogens with two attached hydrogens (primary N) is 1. The van der Waals surface area contributed by atoms with Crippen molar-refractivity contribution in [3.05, 3.63) is 53.4 Å². The van der Waals surface area contributed by atoms with Crippen LogP contribution in [0.25, 0.3) is 11.0 Å². The van der Waals surface area contributed by atoms with Crippen LogP contribution < -0.4 is 10.5 Å². The Balaban J connectivity index is 1.47. The molecule has 3 aromatic rings. The number of nitrogens with zero attached hydrogens (tertiary/aromatic N) is 3. The van der Waals surface area contributed by atoms with Crippen molar-refractivity contribution in [2.24, 2.45) is 11.1 Å². The maximum atomic E-state index is 11.0. The summed E-state index contributed by atoms with van der Waals surface area (Å²) < 4.78 is 28.9. The molecule has 0 unspecified atom stereocenters. The van der Waals surface area contributed by atoms with Crippen molar-refractivity contribution in [1.82, 2.24) is 14.5 Å². The van der Waals surface area contributed by atoms with E-state index in [-0.39, 0.29) is 18.6 Å². The van der Waals surface area contributed by atoms with Gasteiger partial charge in [0.1, 0.15) is 17.8 Å². The summed E-state index contributed by atoms with van der Waals surface area (Å²) in [7, 11) is -3.90. The van der Waals surface area contributed by atoms with Gasteiger partial charge in [-0.25, -0.2) is 15.1 Å². The molecule has 0 aliphatic heterocycles. The molecule has 0 spiro atoms. The van der Waals surface area contributed by atoms with E-state index in [1.54, 1.807) is 6.33 Å². The van der Waals surface area contributed by atoms with Crippen molar-refractivity contribution < 1.29 is 12.6 Å². The van der Waals surface area contributed by atoms with E-state index in [1.165, 1.54) is 0 Å². The van der Waals surface area contributed by atoms with Crippen LogP contribution in [0, 0.1) is 5.92 Å². The van der Waals surface area contributed by atoms with Gasteiger partial charge in [-0.1, -0.05) is 23.7 Å². The van der Waals surface area contributed by atoms with E-state index in [9.17, 15) is 8.42 Å². The van der Waals surface area contributed by atoms with Gasteiger partial charge in [0.05, 0.1) is 12.0 Å². The van der Waals surface area contributed by atoms with E-state index in [0.717, 1.165) is 41.7 Å². The number of hydrogen-bond donors (Lipinski definition) is 2. The van der Waals surface area contributed by atoms with Crippen LogP contribution >= 0.6 is 11.6 Å². The minimum Gasteiger partial charge on any atom is -0.365 e. The Hall–Kier alpha value is -2.20. The molecule has 1 saturated carbocycles. The first kappa shape index (κ1) is 20.1. The zero-order valence-corrected chi connectivity index (χ0v) is 17.2. The summed E-state index contributed by atoms with van der Waals surface area (Å²) in [6.45, 7) is 0.752. The molecule has 1 aliphatic rings. The Morgan fingerprint density at radius 1 is 1.21 bits per heavy atom. The van der Waals surface area contributed by atoms with Crippen molar-refractivity contribution in [2.75, 3.05) is 11.9 Å². The van der Waals surface area contributed by atoms with Gasteiger partial charge in [-0.2, -0.15) is 8.42 Å². The van der Waals surface area contributed by atoms with Crippen LogP contribution in [-0.2, 0) is 21.0 Å². The molecule has 2 aromatic heterocycles. The summed E-state index contributed by atoms with van der Waals surface area (Å²) in [5.41, 5.74) is 1.96. The van der Waals surface area contributed by atoms with Crippen molar-refractivity contribution >= 4 is 38.8 Å². The molecule has 154 valence electrons.